The van der Waals surface area contributed by atoms with Crippen molar-refractivity contribution in [3.8, 4) is 17.0 Å². The molecule has 0 saturated carbocycles. The van der Waals surface area contributed by atoms with Crippen molar-refractivity contribution in [3.63, 3.8) is 0 Å². The zero-order chi connectivity index (χ0) is 26.6. The van der Waals surface area contributed by atoms with Crippen molar-refractivity contribution in [2.45, 2.75) is 78.0 Å². The average molecular weight is 508 g/mol. The molecule has 1 aliphatic heterocycles. The number of unbranched alkanes of at least 4 members (excludes halogenated alkanes) is 1. The quantitative estimate of drug-likeness (QED) is 0.412. The summed E-state index contributed by atoms with van der Waals surface area (Å²) < 4.78 is 13.1. The summed E-state index contributed by atoms with van der Waals surface area (Å²) in [7, 11) is 1.66. The highest BCUT2D eigenvalue weighted by molar-refractivity contribution is 5.85. The van der Waals surface area contributed by atoms with Gasteiger partial charge in [0.05, 0.1) is 18.8 Å². The molecule has 1 amide bonds. The molecule has 1 unspecified atom stereocenters. The van der Waals surface area contributed by atoms with Crippen LogP contribution in [0, 0.1) is 0 Å². The van der Waals surface area contributed by atoms with Crippen LogP contribution in [0.3, 0.4) is 0 Å². The third kappa shape index (κ3) is 6.21. The molecule has 37 heavy (non-hydrogen) atoms. The molecular weight excluding hydrogens is 470 g/mol. The molecular formula is C28H37N5O4. The number of hydrogen-bond acceptors (Lipinski definition) is 6. The Hall–Kier alpha value is -3.62. The van der Waals surface area contributed by atoms with Gasteiger partial charge in [-0.25, -0.2) is 14.8 Å². The van der Waals surface area contributed by atoms with E-state index in [1.165, 1.54) is 0 Å². The predicted molar refractivity (Wildman–Crippen MR) is 140 cm³/mol. The smallest absolute Gasteiger partial charge is 0.374 e. The summed E-state index contributed by atoms with van der Waals surface area (Å²) in [5.41, 5.74) is 1.93. The van der Waals surface area contributed by atoms with Crippen LogP contribution in [0.15, 0.2) is 36.7 Å². The number of ether oxygens (including phenoxy) is 2. The standard InChI is InChI=1S/C28H37N5O4/c1-6-7-11-22-26-31-21(20-10-8-9-12-23(20)36-5)18-32(26)15-16-33(22)24(34)14-13-19-17-29-25(30-19)27(35)37-28(2,3)4/h8-10,12,17-18,22H,6-7,11,13-16H2,1-5H3,(H,29,30). The fourth-order valence-corrected chi connectivity index (χ4v) is 4.65. The number of rotatable bonds is 9. The van der Waals surface area contributed by atoms with Crippen LogP contribution in [0.5, 0.6) is 5.75 Å². The zero-order valence-corrected chi connectivity index (χ0v) is 22.4. The predicted octanol–water partition coefficient (Wildman–Crippen LogP) is 4.94. The molecule has 0 fully saturated rings. The second-order valence-corrected chi connectivity index (χ2v) is 10.4. The van der Waals surface area contributed by atoms with Crippen LogP contribution in [0.25, 0.3) is 11.3 Å². The number of para-hydroxylation sites is 1. The van der Waals surface area contributed by atoms with Gasteiger partial charge in [-0.2, -0.15) is 0 Å². The molecule has 198 valence electrons. The molecule has 3 heterocycles. The molecule has 2 aromatic heterocycles. The van der Waals surface area contributed by atoms with Gasteiger partial charge in [0.2, 0.25) is 11.7 Å². The van der Waals surface area contributed by atoms with Gasteiger partial charge in [-0.15, -0.1) is 0 Å². The number of aryl methyl sites for hydroxylation is 1. The first-order valence-electron chi connectivity index (χ1n) is 13.0. The lowest BCUT2D eigenvalue weighted by molar-refractivity contribution is -0.135. The molecule has 0 radical (unpaired) electrons. The highest BCUT2D eigenvalue weighted by Crippen LogP contribution is 2.35. The number of hydrogen-bond donors (Lipinski definition) is 1. The first-order chi connectivity index (χ1) is 17.7. The maximum absolute atomic E-state index is 13.4. The molecule has 3 aromatic rings. The van der Waals surface area contributed by atoms with Gasteiger partial charge in [0.1, 0.15) is 17.2 Å². The van der Waals surface area contributed by atoms with Crippen molar-refractivity contribution < 1.29 is 19.1 Å². The SMILES string of the molecule is CCCCC1c2nc(-c3ccccc3OC)cn2CCN1C(=O)CCc1cnc(C(=O)OC(C)(C)C)[nH]1. The summed E-state index contributed by atoms with van der Waals surface area (Å²) in [4.78, 5) is 39.8. The number of benzene rings is 1. The Labute approximate surface area is 218 Å². The van der Waals surface area contributed by atoms with E-state index in [0.29, 0.717) is 25.9 Å². The van der Waals surface area contributed by atoms with Gasteiger partial charge in [0.15, 0.2) is 0 Å². The summed E-state index contributed by atoms with van der Waals surface area (Å²) in [5.74, 6) is 1.42. The fraction of sp³-hybridized carbons (Fsp3) is 0.500. The number of H-pyrrole nitrogens is 1. The Kier molecular flexibility index (Phi) is 8.00. The maximum atomic E-state index is 13.4. The van der Waals surface area contributed by atoms with Crippen LogP contribution < -0.4 is 4.74 Å². The number of aromatic nitrogens is 4. The summed E-state index contributed by atoms with van der Waals surface area (Å²) in [6.45, 7) is 8.91. The summed E-state index contributed by atoms with van der Waals surface area (Å²) in [6, 6.07) is 7.78. The van der Waals surface area contributed by atoms with Gasteiger partial charge in [-0.05, 0) is 45.7 Å². The van der Waals surface area contributed by atoms with E-state index in [4.69, 9.17) is 14.5 Å². The van der Waals surface area contributed by atoms with Gasteiger partial charge in [-0.3, -0.25) is 4.79 Å². The number of methoxy groups -OCH3 is 1. The molecule has 1 aliphatic rings. The number of amides is 1. The van der Waals surface area contributed by atoms with Crippen LogP contribution in [-0.4, -0.2) is 55.6 Å². The van der Waals surface area contributed by atoms with Crippen LogP contribution in [0.2, 0.25) is 0 Å². The number of aromatic amines is 1. The van der Waals surface area contributed by atoms with E-state index in [1.54, 1.807) is 13.3 Å². The number of fused-ring (bicyclic) bond motifs is 1. The second kappa shape index (κ2) is 11.2. The van der Waals surface area contributed by atoms with Crippen LogP contribution in [-0.2, 0) is 22.5 Å². The number of carbonyl (C=O) groups is 2. The molecule has 1 N–H and O–H groups in total. The highest BCUT2D eigenvalue weighted by Gasteiger charge is 2.33. The third-order valence-corrected chi connectivity index (χ3v) is 6.43. The zero-order valence-electron chi connectivity index (χ0n) is 22.4. The first-order valence-corrected chi connectivity index (χ1v) is 13.0. The number of carbonyl (C=O) groups excluding carboxylic acids is 2. The number of nitrogens with one attached hydrogen (secondary N) is 1. The van der Waals surface area contributed by atoms with Crippen LogP contribution in [0.1, 0.15) is 81.6 Å². The van der Waals surface area contributed by atoms with E-state index in [9.17, 15) is 9.59 Å². The molecule has 1 aromatic carbocycles. The molecule has 0 saturated heterocycles. The van der Waals surface area contributed by atoms with Gasteiger partial charge < -0.3 is 23.9 Å². The third-order valence-electron chi connectivity index (χ3n) is 6.43. The van der Waals surface area contributed by atoms with Crippen molar-refractivity contribution in [1.29, 1.82) is 0 Å². The minimum absolute atomic E-state index is 0.0719. The van der Waals surface area contributed by atoms with Crippen molar-refractivity contribution in [1.82, 2.24) is 24.4 Å². The number of esters is 1. The van der Waals surface area contributed by atoms with Gasteiger partial charge in [0.25, 0.3) is 0 Å². The van der Waals surface area contributed by atoms with Crippen LogP contribution in [0.4, 0.5) is 0 Å². The van der Waals surface area contributed by atoms with Crippen molar-refractivity contribution in [2.24, 2.45) is 0 Å². The molecule has 9 nitrogen and oxygen atoms in total. The minimum atomic E-state index is -0.598. The lowest BCUT2D eigenvalue weighted by Crippen LogP contribution is -2.42. The Morgan fingerprint density at radius 3 is 2.70 bits per heavy atom. The van der Waals surface area contributed by atoms with Gasteiger partial charge in [-0.1, -0.05) is 31.9 Å². The molecule has 0 bridgehead atoms. The van der Waals surface area contributed by atoms with E-state index in [-0.39, 0.29) is 17.8 Å². The first kappa shape index (κ1) is 26.4. The lowest BCUT2D eigenvalue weighted by Gasteiger charge is -2.36. The molecule has 0 spiro atoms. The molecule has 0 aliphatic carbocycles. The van der Waals surface area contributed by atoms with Gasteiger partial charge >= 0.3 is 5.97 Å². The Morgan fingerprint density at radius 1 is 1.19 bits per heavy atom. The topological polar surface area (TPSA) is 102 Å². The van der Waals surface area contributed by atoms with E-state index < -0.39 is 11.6 Å². The maximum Gasteiger partial charge on any atom is 0.374 e. The molecule has 4 rings (SSSR count). The molecule has 9 heteroatoms. The van der Waals surface area contributed by atoms with Crippen LogP contribution >= 0.6 is 0 Å². The summed E-state index contributed by atoms with van der Waals surface area (Å²) >= 11 is 0. The Balaban J connectivity index is 1.48. The summed E-state index contributed by atoms with van der Waals surface area (Å²) in [5, 5.41) is 0. The van der Waals surface area contributed by atoms with Crippen molar-refractivity contribution >= 4 is 11.9 Å². The van der Waals surface area contributed by atoms with E-state index >= 15 is 0 Å². The average Bonchev–Trinajstić information content (AvgIpc) is 3.52. The lowest BCUT2D eigenvalue weighted by atomic mass is 10.0. The van der Waals surface area contributed by atoms with Gasteiger partial charge in [0, 0.05) is 43.2 Å². The molecule has 1 atom stereocenters. The Bertz CT molecular complexity index is 1240. The van der Waals surface area contributed by atoms with E-state index in [2.05, 4.69) is 27.7 Å². The monoisotopic (exact) mass is 507 g/mol. The van der Waals surface area contributed by atoms with E-state index in [0.717, 1.165) is 47.8 Å². The van der Waals surface area contributed by atoms with Crippen molar-refractivity contribution in [2.75, 3.05) is 13.7 Å². The van der Waals surface area contributed by atoms with E-state index in [1.807, 2.05) is 49.9 Å². The Morgan fingerprint density at radius 2 is 1.97 bits per heavy atom. The van der Waals surface area contributed by atoms with Crippen molar-refractivity contribution in [3.05, 3.63) is 54.0 Å². The fourth-order valence-electron chi connectivity index (χ4n) is 4.65. The number of imidazole rings is 2. The summed E-state index contributed by atoms with van der Waals surface area (Å²) in [6.07, 6.45) is 7.36. The largest absolute Gasteiger partial charge is 0.496 e. The second-order valence-electron chi connectivity index (χ2n) is 10.4. The highest BCUT2D eigenvalue weighted by atomic mass is 16.6. The number of nitrogens with zero attached hydrogens (tertiary/aromatic N) is 4. The normalized spacial score (nSPS) is 15.4. The minimum Gasteiger partial charge on any atom is -0.496 e.